The standard InChI is InChI=1S/C12H16N4O2S/c1-14-19(17,18)7-6-16-11-3-2-9-8-15-5-4-10(9)12(11)13/h2-5,8,14,16H,6-7,13H2,1H3. The van der Waals surface area contributed by atoms with E-state index in [1.807, 2.05) is 18.2 Å². The maximum atomic E-state index is 11.3. The summed E-state index contributed by atoms with van der Waals surface area (Å²) in [5, 5.41) is 4.88. The van der Waals surface area contributed by atoms with Crippen molar-refractivity contribution in [1.82, 2.24) is 9.71 Å². The number of hydrogen-bond acceptors (Lipinski definition) is 5. The normalized spacial score (nSPS) is 11.6. The van der Waals surface area contributed by atoms with Crippen LogP contribution in [-0.4, -0.2) is 32.7 Å². The van der Waals surface area contributed by atoms with E-state index in [-0.39, 0.29) is 5.75 Å². The zero-order valence-electron chi connectivity index (χ0n) is 10.6. The molecule has 102 valence electrons. The Morgan fingerprint density at radius 1 is 1.32 bits per heavy atom. The van der Waals surface area contributed by atoms with E-state index in [2.05, 4.69) is 15.0 Å². The molecule has 0 radical (unpaired) electrons. The van der Waals surface area contributed by atoms with Gasteiger partial charge in [-0.05, 0) is 19.2 Å². The van der Waals surface area contributed by atoms with E-state index < -0.39 is 10.0 Å². The number of nitrogens with zero attached hydrogens (tertiary/aromatic N) is 1. The lowest BCUT2D eigenvalue weighted by molar-refractivity contribution is 0.588. The van der Waals surface area contributed by atoms with Crippen molar-refractivity contribution in [2.45, 2.75) is 0 Å². The predicted molar refractivity (Wildman–Crippen MR) is 77.5 cm³/mol. The first kappa shape index (κ1) is 13.6. The number of pyridine rings is 1. The number of benzene rings is 1. The largest absolute Gasteiger partial charge is 0.397 e. The minimum Gasteiger partial charge on any atom is -0.397 e. The first-order valence-electron chi connectivity index (χ1n) is 5.81. The van der Waals surface area contributed by atoms with Gasteiger partial charge in [0.15, 0.2) is 0 Å². The molecule has 19 heavy (non-hydrogen) atoms. The Kier molecular flexibility index (Phi) is 3.87. The van der Waals surface area contributed by atoms with E-state index in [4.69, 9.17) is 5.73 Å². The van der Waals surface area contributed by atoms with E-state index in [9.17, 15) is 8.42 Å². The van der Waals surface area contributed by atoms with Gasteiger partial charge in [-0.2, -0.15) is 0 Å². The molecule has 0 saturated heterocycles. The third kappa shape index (κ3) is 3.12. The first-order chi connectivity index (χ1) is 9.03. The Labute approximate surface area is 112 Å². The quantitative estimate of drug-likeness (QED) is 0.703. The molecule has 7 heteroatoms. The lowest BCUT2D eigenvalue weighted by atomic mass is 10.1. The van der Waals surface area contributed by atoms with E-state index in [0.29, 0.717) is 12.2 Å². The zero-order chi connectivity index (χ0) is 13.9. The molecule has 0 saturated carbocycles. The van der Waals surface area contributed by atoms with Crippen LogP contribution in [0.3, 0.4) is 0 Å². The summed E-state index contributed by atoms with van der Waals surface area (Å²) in [6, 6.07) is 5.55. The van der Waals surface area contributed by atoms with Crippen LogP contribution in [0.15, 0.2) is 30.6 Å². The number of rotatable bonds is 5. The van der Waals surface area contributed by atoms with Gasteiger partial charge >= 0.3 is 0 Å². The molecule has 0 aliphatic carbocycles. The zero-order valence-corrected chi connectivity index (χ0v) is 11.4. The topological polar surface area (TPSA) is 97.1 Å². The van der Waals surface area contributed by atoms with Gasteiger partial charge in [-0.25, -0.2) is 13.1 Å². The summed E-state index contributed by atoms with van der Waals surface area (Å²) in [6.45, 7) is 0.296. The highest BCUT2D eigenvalue weighted by molar-refractivity contribution is 7.89. The molecule has 1 heterocycles. The average molecular weight is 280 g/mol. The molecule has 0 atom stereocenters. The minimum atomic E-state index is -3.21. The second-order valence-electron chi connectivity index (χ2n) is 4.07. The van der Waals surface area contributed by atoms with Crippen LogP contribution in [0.25, 0.3) is 10.8 Å². The highest BCUT2D eigenvalue weighted by Crippen LogP contribution is 2.27. The second-order valence-corrected chi connectivity index (χ2v) is 6.12. The first-order valence-corrected chi connectivity index (χ1v) is 7.46. The molecular formula is C12H16N4O2S. The molecule has 0 spiro atoms. The van der Waals surface area contributed by atoms with Crippen molar-refractivity contribution in [3.05, 3.63) is 30.6 Å². The van der Waals surface area contributed by atoms with Gasteiger partial charge in [-0.3, -0.25) is 4.98 Å². The van der Waals surface area contributed by atoms with Gasteiger partial charge < -0.3 is 11.1 Å². The number of aromatic nitrogens is 1. The van der Waals surface area contributed by atoms with E-state index in [1.165, 1.54) is 7.05 Å². The van der Waals surface area contributed by atoms with Crippen LogP contribution < -0.4 is 15.8 Å². The highest BCUT2D eigenvalue weighted by Gasteiger charge is 2.08. The number of nitrogen functional groups attached to an aromatic ring is 1. The van der Waals surface area contributed by atoms with Crippen molar-refractivity contribution in [3.63, 3.8) is 0 Å². The third-order valence-electron chi connectivity index (χ3n) is 2.86. The molecule has 0 aliphatic heterocycles. The summed E-state index contributed by atoms with van der Waals surface area (Å²) in [5.74, 6) is -0.00266. The van der Waals surface area contributed by atoms with Crippen molar-refractivity contribution in [1.29, 1.82) is 0 Å². The molecule has 0 aliphatic rings. The summed E-state index contributed by atoms with van der Waals surface area (Å²) in [4.78, 5) is 4.03. The molecule has 6 nitrogen and oxygen atoms in total. The maximum Gasteiger partial charge on any atom is 0.213 e. The maximum absolute atomic E-state index is 11.3. The van der Waals surface area contributed by atoms with Crippen LogP contribution in [0.4, 0.5) is 11.4 Å². The van der Waals surface area contributed by atoms with E-state index in [1.54, 1.807) is 12.4 Å². The molecule has 1 aromatic heterocycles. The van der Waals surface area contributed by atoms with Crippen molar-refractivity contribution >= 4 is 32.2 Å². The van der Waals surface area contributed by atoms with Crippen LogP contribution in [0.2, 0.25) is 0 Å². The van der Waals surface area contributed by atoms with Gasteiger partial charge in [0.2, 0.25) is 10.0 Å². The summed E-state index contributed by atoms with van der Waals surface area (Å²) in [6.07, 6.45) is 3.41. The molecule has 2 aromatic rings. The Hall–Kier alpha value is -1.86. The van der Waals surface area contributed by atoms with Gasteiger partial charge in [0, 0.05) is 29.7 Å². The Bertz CT molecular complexity index is 685. The number of nitrogens with two attached hydrogens (primary N) is 1. The van der Waals surface area contributed by atoms with Crippen molar-refractivity contribution in [2.24, 2.45) is 0 Å². The molecule has 0 fully saturated rings. The van der Waals surface area contributed by atoms with Crippen LogP contribution in [0, 0.1) is 0 Å². The Morgan fingerprint density at radius 3 is 2.84 bits per heavy atom. The van der Waals surface area contributed by atoms with Crippen molar-refractivity contribution in [2.75, 3.05) is 30.4 Å². The molecular weight excluding hydrogens is 264 g/mol. The van der Waals surface area contributed by atoms with Crippen LogP contribution >= 0.6 is 0 Å². The third-order valence-corrected chi connectivity index (χ3v) is 4.22. The SMILES string of the molecule is CNS(=O)(=O)CCNc1ccc2cnccc2c1N. The van der Waals surface area contributed by atoms with Crippen molar-refractivity contribution < 1.29 is 8.42 Å². The Morgan fingerprint density at radius 2 is 2.11 bits per heavy atom. The van der Waals surface area contributed by atoms with Gasteiger partial charge in [0.1, 0.15) is 0 Å². The second kappa shape index (κ2) is 5.41. The number of anilines is 2. The Balaban J connectivity index is 2.16. The van der Waals surface area contributed by atoms with E-state index >= 15 is 0 Å². The molecule has 1 aromatic carbocycles. The average Bonchev–Trinajstić information content (AvgIpc) is 2.42. The fourth-order valence-electron chi connectivity index (χ4n) is 1.77. The minimum absolute atomic E-state index is 0.00266. The lowest BCUT2D eigenvalue weighted by Gasteiger charge is -2.11. The highest BCUT2D eigenvalue weighted by atomic mass is 32.2. The van der Waals surface area contributed by atoms with Crippen LogP contribution in [0.1, 0.15) is 0 Å². The molecule has 0 bridgehead atoms. The fourth-order valence-corrected chi connectivity index (χ4v) is 2.34. The summed E-state index contributed by atoms with van der Waals surface area (Å²) >= 11 is 0. The molecule has 0 amide bonds. The van der Waals surface area contributed by atoms with Crippen molar-refractivity contribution in [3.8, 4) is 0 Å². The molecule has 2 rings (SSSR count). The summed E-state index contributed by atoms with van der Waals surface area (Å²) in [5.41, 5.74) is 7.37. The van der Waals surface area contributed by atoms with Gasteiger partial charge in [-0.15, -0.1) is 0 Å². The van der Waals surface area contributed by atoms with Crippen LogP contribution in [0.5, 0.6) is 0 Å². The van der Waals surface area contributed by atoms with Gasteiger partial charge in [0.05, 0.1) is 17.1 Å². The number of fused-ring (bicyclic) bond motifs is 1. The molecule has 4 N–H and O–H groups in total. The fraction of sp³-hybridized carbons (Fsp3) is 0.250. The van der Waals surface area contributed by atoms with Gasteiger partial charge in [0.25, 0.3) is 0 Å². The number of sulfonamides is 1. The molecule has 0 unspecified atom stereocenters. The van der Waals surface area contributed by atoms with Crippen LogP contribution in [-0.2, 0) is 10.0 Å². The van der Waals surface area contributed by atoms with E-state index in [0.717, 1.165) is 16.5 Å². The summed E-state index contributed by atoms with van der Waals surface area (Å²) in [7, 11) is -1.81. The number of nitrogens with one attached hydrogen (secondary N) is 2. The summed E-state index contributed by atoms with van der Waals surface area (Å²) < 4.78 is 24.9. The monoisotopic (exact) mass is 280 g/mol. The smallest absolute Gasteiger partial charge is 0.213 e. The van der Waals surface area contributed by atoms with Gasteiger partial charge in [-0.1, -0.05) is 6.07 Å². The number of hydrogen-bond donors (Lipinski definition) is 3. The lowest BCUT2D eigenvalue weighted by Crippen LogP contribution is -2.26. The predicted octanol–water partition coefficient (Wildman–Crippen LogP) is 0.778.